The van der Waals surface area contributed by atoms with Gasteiger partial charge in [0.2, 0.25) is 0 Å². The molecule has 0 amide bonds. The molecule has 0 spiro atoms. The lowest BCUT2D eigenvalue weighted by atomic mass is 10.3. The largest absolute Gasteiger partial charge is 0.359 e. The summed E-state index contributed by atoms with van der Waals surface area (Å²) in [7, 11) is 1.91. The lowest BCUT2D eigenvalue weighted by Crippen LogP contribution is -2.34. The third kappa shape index (κ3) is 3.71. The van der Waals surface area contributed by atoms with Crippen molar-refractivity contribution >= 4 is 17.3 Å². The monoisotopic (exact) mass is 224 g/mol. The minimum absolute atomic E-state index is 0.637. The van der Waals surface area contributed by atoms with Crippen LogP contribution in [0.1, 0.15) is 11.3 Å². The number of aromatic nitrogens is 2. The van der Waals surface area contributed by atoms with Gasteiger partial charge in [0.05, 0.1) is 5.69 Å². The second-order valence-corrected chi connectivity index (χ2v) is 3.67. The third-order valence-electron chi connectivity index (χ3n) is 1.96. The van der Waals surface area contributed by atoms with Gasteiger partial charge in [0, 0.05) is 31.9 Å². The van der Waals surface area contributed by atoms with E-state index in [-0.39, 0.29) is 0 Å². The number of thiocarbonyl (C=S) groups is 1. The summed E-state index contributed by atoms with van der Waals surface area (Å²) in [5.41, 5.74) is 2.18. The highest BCUT2D eigenvalue weighted by Gasteiger charge is 2.02. The molecule has 0 fully saturated rings. The van der Waals surface area contributed by atoms with Gasteiger partial charge in [0.25, 0.3) is 0 Å². The number of hydrogen-bond acceptors (Lipinski definition) is 2. The van der Waals surface area contributed by atoms with E-state index in [4.69, 9.17) is 12.2 Å². The van der Waals surface area contributed by atoms with Crippen LogP contribution in [0.3, 0.4) is 0 Å². The topological polar surface area (TPSA) is 41.9 Å². The van der Waals surface area contributed by atoms with Gasteiger partial charge in [-0.05, 0) is 19.1 Å². The molecule has 15 heavy (non-hydrogen) atoms. The lowest BCUT2D eigenvalue weighted by Gasteiger charge is -2.07. The van der Waals surface area contributed by atoms with Crippen molar-refractivity contribution in [3.05, 3.63) is 30.1 Å². The van der Waals surface area contributed by atoms with Crippen LogP contribution in [0.25, 0.3) is 0 Å². The van der Waals surface area contributed by atoms with Crippen LogP contribution in [0, 0.1) is 6.92 Å². The smallest absolute Gasteiger partial charge is 0.166 e. The van der Waals surface area contributed by atoms with E-state index in [0.29, 0.717) is 18.2 Å². The molecule has 5 heteroatoms. The first-order valence-corrected chi connectivity index (χ1v) is 5.16. The standard InChI is InChI=1S/C10H16N4S/c1-4-5-11-10(15)12-6-9-7-14(3)13-8(9)2/h4,7H,1,5-6H2,2-3H3,(H2,11,12,15). The zero-order valence-electron chi connectivity index (χ0n) is 9.08. The van der Waals surface area contributed by atoms with Crippen molar-refractivity contribution < 1.29 is 0 Å². The van der Waals surface area contributed by atoms with Crippen LogP contribution in [-0.2, 0) is 13.6 Å². The quantitative estimate of drug-likeness (QED) is 0.588. The average Bonchev–Trinajstić information content (AvgIpc) is 2.51. The third-order valence-corrected chi connectivity index (χ3v) is 2.25. The summed E-state index contributed by atoms with van der Waals surface area (Å²) < 4.78 is 1.80. The lowest BCUT2D eigenvalue weighted by molar-refractivity contribution is 0.756. The molecule has 0 radical (unpaired) electrons. The van der Waals surface area contributed by atoms with Crippen molar-refractivity contribution in [2.75, 3.05) is 6.54 Å². The molecule has 1 aromatic heterocycles. The molecular formula is C10H16N4S. The zero-order valence-corrected chi connectivity index (χ0v) is 9.90. The van der Waals surface area contributed by atoms with Crippen LogP contribution in [0.4, 0.5) is 0 Å². The predicted molar refractivity (Wildman–Crippen MR) is 65.6 cm³/mol. The van der Waals surface area contributed by atoms with E-state index in [1.165, 1.54) is 0 Å². The van der Waals surface area contributed by atoms with Crippen molar-refractivity contribution in [1.29, 1.82) is 0 Å². The van der Waals surface area contributed by atoms with Gasteiger partial charge in [-0.15, -0.1) is 6.58 Å². The second kappa shape index (κ2) is 5.50. The highest BCUT2D eigenvalue weighted by molar-refractivity contribution is 7.80. The number of nitrogens with zero attached hydrogens (tertiary/aromatic N) is 2. The van der Waals surface area contributed by atoms with E-state index in [9.17, 15) is 0 Å². The van der Waals surface area contributed by atoms with Crippen molar-refractivity contribution in [2.24, 2.45) is 7.05 Å². The Kier molecular flexibility index (Phi) is 4.30. The molecular weight excluding hydrogens is 208 g/mol. The summed E-state index contributed by atoms with van der Waals surface area (Å²) in [5.74, 6) is 0. The van der Waals surface area contributed by atoms with Crippen molar-refractivity contribution in [3.8, 4) is 0 Å². The van der Waals surface area contributed by atoms with Gasteiger partial charge in [-0.3, -0.25) is 4.68 Å². The highest BCUT2D eigenvalue weighted by atomic mass is 32.1. The van der Waals surface area contributed by atoms with E-state index in [1.807, 2.05) is 20.2 Å². The van der Waals surface area contributed by atoms with E-state index in [2.05, 4.69) is 22.3 Å². The highest BCUT2D eigenvalue weighted by Crippen LogP contribution is 2.03. The van der Waals surface area contributed by atoms with Gasteiger partial charge in [0.15, 0.2) is 5.11 Å². The Balaban J connectivity index is 2.39. The SMILES string of the molecule is C=CCNC(=S)NCc1cn(C)nc1C. The summed E-state index contributed by atoms with van der Waals surface area (Å²) in [5, 5.41) is 11.0. The fourth-order valence-corrected chi connectivity index (χ4v) is 1.38. The molecule has 82 valence electrons. The normalized spacial score (nSPS) is 9.73. The first-order valence-electron chi connectivity index (χ1n) is 4.75. The molecule has 0 saturated heterocycles. The second-order valence-electron chi connectivity index (χ2n) is 3.27. The van der Waals surface area contributed by atoms with Gasteiger partial charge in [-0.2, -0.15) is 5.10 Å². The fourth-order valence-electron chi connectivity index (χ4n) is 1.23. The van der Waals surface area contributed by atoms with Crippen molar-refractivity contribution in [1.82, 2.24) is 20.4 Å². The van der Waals surface area contributed by atoms with E-state index >= 15 is 0 Å². The number of nitrogens with one attached hydrogen (secondary N) is 2. The maximum atomic E-state index is 5.07. The average molecular weight is 224 g/mol. The van der Waals surface area contributed by atoms with Gasteiger partial charge in [-0.25, -0.2) is 0 Å². The molecule has 0 aliphatic carbocycles. The fraction of sp³-hybridized carbons (Fsp3) is 0.400. The maximum absolute atomic E-state index is 5.07. The molecule has 0 saturated carbocycles. The Hall–Kier alpha value is -1.36. The summed E-state index contributed by atoms with van der Waals surface area (Å²) in [6.45, 7) is 6.96. The van der Waals surface area contributed by atoms with Gasteiger partial charge >= 0.3 is 0 Å². The summed E-state index contributed by atoms with van der Waals surface area (Å²) in [6, 6.07) is 0. The van der Waals surface area contributed by atoms with Crippen molar-refractivity contribution in [3.63, 3.8) is 0 Å². The van der Waals surface area contributed by atoms with Gasteiger partial charge in [0.1, 0.15) is 0 Å². The van der Waals surface area contributed by atoms with Crippen LogP contribution in [0.15, 0.2) is 18.9 Å². The Morgan fingerprint density at radius 2 is 2.40 bits per heavy atom. The molecule has 1 aromatic rings. The van der Waals surface area contributed by atoms with E-state index < -0.39 is 0 Å². The number of rotatable bonds is 4. The molecule has 4 nitrogen and oxygen atoms in total. The van der Waals surface area contributed by atoms with Crippen LogP contribution in [-0.4, -0.2) is 21.4 Å². The molecule has 0 atom stereocenters. The number of aryl methyl sites for hydroxylation is 2. The Bertz CT molecular complexity index is 356. The van der Waals surface area contributed by atoms with E-state index in [1.54, 1.807) is 10.8 Å². The summed E-state index contributed by atoms with van der Waals surface area (Å²) in [4.78, 5) is 0. The Labute approximate surface area is 95.4 Å². The Morgan fingerprint density at radius 1 is 1.67 bits per heavy atom. The minimum Gasteiger partial charge on any atom is -0.359 e. The summed E-state index contributed by atoms with van der Waals surface area (Å²) >= 11 is 5.07. The first kappa shape index (κ1) is 11.7. The predicted octanol–water partition coefficient (Wildman–Crippen LogP) is 0.879. The minimum atomic E-state index is 0.637. The number of hydrogen-bond donors (Lipinski definition) is 2. The zero-order chi connectivity index (χ0) is 11.3. The first-order chi connectivity index (χ1) is 7.13. The van der Waals surface area contributed by atoms with Crippen LogP contribution < -0.4 is 10.6 Å². The Morgan fingerprint density at radius 3 is 2.93 bits per heavy atom. The molecule has 0 aromatic carbocycles. The van der Waals surface area contributed by atoms with Crippen LogP contribution in [0.5, 0.6) is 0 Å². The van der Waals surface area contributed by atoms with Crippen LogP contribution >= 0.6 is 12.2 Å². The molecule has 0 aliphatic heterocycles. The molecule has 2 N–H and O–H groups in total. The molecule has 0 aliphatic rings. The van der Waals surface area contributed by atoms with E-state index in [0.717, 1.165) is 11.3 Å². The summed E-state index contributed by atoms with van der Waals surface area (Å²) in [6.07, 6.45) is 3.75. The molecule has 0 unspecified atom stereocenters. The molecule has 1 rings (SSSR count). The van der Waals surface area contributed by atoms with Crippen molar-refractivity contribution in [2.45, 2.75) is 13.5 Å². The van der Waals surface area contributed by atoms with Gasteiger partial charge in [-0.1, -0.05) is 6.08 Å². The van der Waals surface area contributed by atoms with Gasteiger partial charge < -0.3 is 10.6 Å². The maximum Gasteiger partial charge on any atom is 0.166 e. The van der Waals surface area contributed by atoms with Crippen LogP contribution in [0.2, 0.25) is 0 Å². The molecule has 1 heterocycles. The molecule has 0 bridgehead atoms.